The molecule has 1 aromatic heterocycles. The van der Waals surface area contributed by atoms with E-state index in [9.17, 15) is 35.2 Å². The van der Waals surface area contributed by atoms with Crippen molar-refractivity contribution in [2.24, 2.45) is 5.92 Å². The Morgan fingerprint density at radius 3 is 2.48 bits per heavy atom. The Morgan fingerprint density at radius 2 is 1.91 bits per heavy atom. The van der Waals surface area contributed by atoms with Crippen LogP contribution in [0.3, 0.4) is 0 Å². The quantitative estimate of drug-likeness (QED) is 0.498. The van der Waals surface area contributed by atoms with Gasteiger partial charge < -0.3 is 19.8 Å². The first-order chi connectivity index (χ1) is 15.3. The number of amides is 1. The topological polar surface area (TPSA) is 97.5 Å². The van der Waals surface area contributed by atoms with E-state index in [1.807, 2.05) is 0 Å². The number of pyridine rings is 1. The summed E-state index contributed by atoms with van der Waals surface area (Å²) in [7, 11) is -1.64. The first kappa shape index (κ1) is 24.7. The molecule has 180 valence electrons. The van der Waals surface area contributed by atoms with Crippen LogP contribution in [-0.2, 0) is 19.8 Å². The zero-order chi connectivity index (χ0) is 24.7. The third kappa shape index (κ3) is 4.34. The standard InChI is InChI=1S/C20H19F5N2O5S/c1-9-14(11-4-5-12(21)15(22)16(11)31-3)17(32-19(9,2)20(23,24)25)18(28)27-10-6-7-26-13(8-10)33(29)30/h4-9,14,17,26H,1-3H3,(H,27,28)/t9-,14-,17+,19+/m0/s1. The zero-order valence-corrected chi connectivity index (χ0v) is 18.3. The van der Waals surface area contributed by atoms with E-state index in [1.165, 1.54) is 19.2 Å². The number of anilines is 1. The van der Waals surface area contributed by atoms with Crippen molar-refractivity contribution in [3.05, 3.63) is 52.3 Å². The smallest absolute Gasteiger partial charge is 0.417 e. The average molecular weight is 494 g/mol. The van der Waals surface area contributed by atoms with Gasteiger partial charge in [-0.1, -0.05) is 13.0 Å². The van der Waals surface area contributed by atoms with Crippen LogP contribution < -0.4 is 10.1 Å². The van der Waals surface area contributed by atoms with Crippen LogP contribution in [0.25, 0.3) is 0 Å². The van der Waals surface area contributed by atoms with Gasteiger partial charge in [0.25, 0.3) is 5.91 Å². The number of methoxy groups -OCH3 is 1. The highest BCUT2D eigenvalue weighted by molar-refractivity contribution is 7.63. The van der Waals surface area contributed by atoms with E-state index in [1.54, 1.807) is 0 Å². The molecular formula is C20H19F5N2O5S. The highest BCUT2D eigenvalue weighted by atomic mass is 32.2. The van der Waals surface area contributed by atoms with Crippen molar-refractivity contribution in [2.45, 2.75) is 37.6 Å². The number of nitrogens with one attached hydrogen (secondary N) is 2. The molecule has 0 spiro atoms. The number of aromatic amines is 1. The second-order valence-electron chi connectivity index (χ2n) is 7.61. The summed E-state index contributed by atoms with van der Waals surface area (Å²) >= 11 is 0. The molecule has 1 aromatic carbocycles. The van der Waals surface area contributed by atoms with E-state index in [2.05, 4.69) is 10.3 Å². The molecule has 1 fully saturated rings. The lowest BCUT2D eigenvalue weighted by molar-refractivity contribution is -0.272. The molecule has 0 saturated carbocycles. The molecule has 1 aliphatic rings. The molecule has 0 bridgehead atoms. The molecule has 13 heteroatoms. The minimum absolute atomic E-state index is 0.0363. The van der Waals surface area contributed by atoms with E-state index in [0.717, 1.165) is 32.2 Å². The van der Waals surface area contributed by atoms with Crippen LogP contribution in [0.2, 0.25) is 0 Å². The summed E-state index contributed by atoms with van der Waals surface area (Å²) in [5.74, 6) is -7.17. The fraction of sp³-hybridized carbons (Fsp3) is 0.400. The predicted octanol–water partition coefficient (Wildman–Crippen LogP) is 3.79. The molecule has 33 heavy (non-hydrogen) atoms. The summed E-state index contributed by atoms with van der Waals surface area (Å²) in [5.41, 5.74) is -3.02. The Hall–Kier alpha value is -2.93. The van der Waals surface area contributed by atoms with Crippen molar-refractivity contribution in [1.29, 1.82) is 0 Å². The van der Waals surface area contributed by atoms with E-state index < -0.39 is 63.3 Å². The van der Waals surface area contributed by atoms with E-state index in [0.29, 0.717) is 0 Å². The Morgan fingerprint density at radius 1 is 1.24 bits per heavy atom. The third-order valence-electron chi connectivity index (χ3n) is 5.79. The van der Waals surface area contributed by atoms with Crippen molar-refractivity contribution in [1.82, 2.24) is 4.98 Å². The summed E-state index contributed by atoms with van der Waals surface area (Å²) in [4.78, 5) is 15.4. The summed E-state index contributed by atoms with van der Waals surface area (Å²) in [6, 6.07) is 4.10. The highest BCUT2D eigenvalue weighted by Gasteiger charge is 2.65. The summed E-state index contributed by atoms with van der Waals surface area (Å²) in [6.07, 6.45) is -5.50. The van der Waals surface area contributed by atoms with Gasteiger partial charge in [-0.2, -0.15) is 26.0 Å². The van der Waals surface area contributed by atoms with Gasteiger partial charge in [-0.05, 0) is 19.1 Å². The molecule has 0 aliphatic carbocycles. The van der Waals surface area contributed by atoms with Gasteiger partial charge in [0.2, 0.25) is 16.1 Å². The van der Waals surface area contributed by atoms with Gasteiger partial charge in [-0.25, -0.2) is 4.39 Å². The van der Waals surface area contributed by atoms with Crippen LogP contribution in [-0.4, -0.2) is 44.3 Å². The van der Waals surface area contributed by atoms with Crippen LogP contribution in [0.5, 0.6) is 5.75 Å². The molecule has 2 heterocycles. The molecule has 1 saturated heterocycles. The largest absolute Gasteiger partial charge is 0.493 e. The second-order valence-corrected chi connectivity index (χ2v) is 8.52. The third-order valence-corrected chi connectivity index (χ3v) is 6.39. The molecule has 1 amide bonds. The molecule has 3 rings (SSSR count). The van der Waals surface area contributed by atoms with Crippen molar-refractivity contribution in [2.75, 3.05) is 12.4 Å². The molecule has 7 nitrogen and oxygen atoms in total. The van der Waals surface area contributed by atoms with Crippen LogP contribution in [0, 0.1) is 22.2 Å². The Bertz CT molecular complexity index is 1250. The maximum absolute atomic E-state index is 14.3. The van der Waals surface area contributed by atoms with Gasteiger partial charge in [0.05, 0.1) is 7.11 Å². The highest BCUT2D eigenvalue weighted by Crippen LogP contribution is 2.54. The Kier molecular flexibility index (Phi) is 6.58. The van der Waals surface area contributed by atoms with Crippen molar-refractivity contribution >= 4 is 21.9 Å². The van der Waals surface area contributed by atoms with E-state index >= 15 is 0 Å². The number of hydrogen-bond acceptors (Lipinski definition) is 5. The fourth-order valence-corrected chi connectivity index (χ4v) is 4.26. The molecular weight excluding hydrogens is 475 g/mol. The lowest BCUT2D eigenvalue weighted by atomic mass is 9.77. The normalized spacial score (nSPS) is 25.0. The Labute approximate surface area is 186 Å². The number of H-pyrrole nitrogens is 1. The van der Waals surface area contributed by atoms with Gasteiger partial charge in [0, 0.05) is 35.3 Å². The van der Waals surface area contributed by atoms with Crippen LogP contribution in [0.1, 0.15) is 25.3 Å². The number of aromatic nitrogens is 1. The number of halogens is 5. The summed E-state index contributed by atoms with van der Waals surface area (Å²) in [5, 5.41) is 2.32. The molecule has 4 atom stereocenters. The number of rotatable bonds is 4. The second kappa shape index (κ2) is 8.78. The van der Waals surface area contributed by atoms with Crippen molar-refractivity contribution in [3.63, 3.8) is 0 Å². The molecule has 2 N–H and O–H groups in total. The molecule has 0 radical (unpaired) electrons. The number of benzene rings is 1. The monoisotopic (exact) mass is 494 g/mol. The minimum Gasteiger partial charge on any atom is -0.493 e. The maximum atomic E-state index is 14.3. The maximum Gasteiger partial charge on any atom is 0.417 e. The van der Waals surface area contributed by atoms with Gasteiger partial charge in [-0.3, -0.25) is 4.79 Å². The fourth-order valence-electron chi connectivity index (χ4n) is 3.87. The van der Waals surface area contributed by atoms with Crippen molar-refractivity contribution in [3.8, 4) is 5.75 Å². The summed E-state index contributed by atoms with van der Waals surface area (Å²) < 4.78 is 102. The lowest BCUT2D eigenvalue weighted by Gasteiger charge is -2.32. The van der Waals surface area contributed by atoms with Gasteiger partial charge >= 0.3 is 6.18 Å². The van der Waals surface area contributed by atoms with Crippen molar-refractivity contribution < 1.29 is 44.6 Å². The van der Waals surface area contributed by atoms with Crippen LogP contribution in [0.4, 0.5) is 27.6 Å². The molecule has 2 aromatic rings. The molecule has 0 unspecified atom stereocenters. The summed E-state index contributed by atoms with van der Waals surface area (Å²) in [6.45, 7) is 1.95. The van der Waals surface area contributed by atoms with Gasteiger partial charge in [0.1, 0.15) is 6.10 Å². The zero-order valence-electron chi connectivity index (χ0n) is 17.5. The van der Waals surface area contributed by atoms with Crippen LogP contribution >= 0.6 is 0 Å². The number of carbonyl (C=O) groups excluding carboxylic acids is 1. The van der Waals surface area contributed by atoms with Gasteiger partial charge in [0.15, 0.2) is 21.8 Å². The predicted molar refractivity (Wildman–Crippen MR) is 106 cm³/mol. The lowest BCUT2D eigenvalue weighted by Crippen LogP contribution is -2.47. The number of hydrogen-bond donors (Lipinski definition) is 2. The first-order valence-electron chi connectivity index (χ1n) is 9.50. The first-order valence-corrected chi connectivity index (χ1v) is 10.6. The molecule has 1 aliphatic heterocycles. The van der Waals surface area contributed by atoms with Crippen LogP contribution in [0.15, 0.2) is 30.5 Å². The number of alkyl halides is 3. The SMILES string of the molecule is COc1c([C@H]2[C@H](C(=O)Nc3cc[nH]c(=S(=O)=O)c3)O[C@@](C)(C(F)(F)F)[C@H]2C)ccc(F)c1F. The van der Waals surface area contributed by atoms with E-state index in [-0.39, 0.29) is 15.9 Å². The minimum atomic E-state index is -4.90. The number of carbonyl (C=O) groups is 1. The van der Waals surface area contributed by atoms with E-state index in [4.69, 9.17) is 9.47 Å². The van der Waals surface area contributed by atoms with Gasteiger partial charge in [-0.15, -0.1) is 0 Å². The Balaban J connectivity index is 2.11. The number of ether oxygens (including phenoxy) is 2. The average Bonchev–Trinajstić information content (AvgIpc) is 3.02.